The van der Waals surface area contributed by atoms with E-state index >= 15 is 0 Å². The molecule has 0 saturated carbocycles. The Bertz CT molecular complexity index is 406. The van der Waals surface area contributed by atoms with Crippen molar-refractivity contribution in [3.05, 3.63) is 29.6 Å². The molecule has 0 spiro atoms. The number of rotatable bonds is 4. The van der Waals surface area contributed by atoms with Crippen molar-refractivity contribution in [1.29, 1.82) is 0 Å². The maximum absolute atomic E-state index is 11.1. The molecule has 0 fully saturated rings. The third kappa shape index (κ3) is 3.27. The summed E-state index contributed by atoms with van der Waals surface area (Å²) in [6.45, 7) is 0. The van der Waals surface area contributed by atoms with Gasteiger partial charge in [-0.2, -0.15) is 0 Å². The average Bonchev–Trinajstić information content (AvgIpc) is 2.76. The summed E-state index contributed by atoms with van der Waals surface area (Å²) in [5, 5.41) is 0. The third-order valence-electron chi connectivity index (χ3n) is 1.93. The fourth-order valence-electron chi connectivity index (χ4n) is 1.11. The summed E-state index contributed by atoms with van der Waals surface area (Å²) in [5.74, 6) is -0.729. The Morgan fingerprint density at radius 3 is 2.75 bits per heavy atom. The predicted octanol–water partition coefficient (Wildman–Crippen LogP) is 1.38. The Hall–Kier alpha value is -2.04. The molecule has 0 aliphatic heterocycles. The number of ether oxygens (including phenoxy) is 2. The molecular weight excluding hydrogens is 210 g/mol. The van der Waals surface area contributed by atoms with Crippen LogP contribution in [0.5, 0.6) is 0 Å². The first-order valence-corrected chi connectivity index (χ1v) is 4.67. The van der Waals surface area contributed by atoms with Gasteiger partial charge < -0.3 is 14.5 Å². The predicted molar refractivity (Wildman–Crippen MR) is 57.8 cm³/mol. The van der Waals surface area contributed by atoms with Crippen LogP contribution < -0.4 is 0 Å². The maximum atomic E-state index is 11.1. The van der Waals surface area contributed by atoms with Gasteiger partial charge in [0.1, 0.15) is 5.69 Å². The second kappa shape index (κ2) is 5.75. The highest BCUT2D eigenvalue weighted by atomic mass is 16.5. The van der Waals surface area contributed by atoms with E-state index in [1.807, 2.05) is 0 Å². The van der Waals surface area contributed by atoms with Crippen LogP contribution in [-0.2, 0) is 14.3 Å². The number of aromatic amines is 1. The lowest BCUT2D eigenvalue weighted by Crippen LogP contribution is -2.00. The van der Waals surface area contributed by atoms with Gasteiger partial charge in [-0.15, -0.1) is 0 Å². The highest BCUT2D eigenvalue weighted by Gasteiger charge is 2.06. The summed E-state index contributed by atoms with van der Waals surface area (Å²) in [7, 11) is 2.65. The second-order valence-electron chi connectivity index (χ2n) is 3.02. The Labute approximate surface area is 93.1 Å². The first-order valence-electron chi connectivity index (χ1n) is 4.67. The second-order valence-corrected chi connectivity index (χ2v) is 3.02. The third-order valence-corrected chi connectivity index (χ3v) is 1.93. The molecule has 16 heavy (non-hydrogen) atoms. The van der Waals surface area contributed by atoms with E-state index in [1.54, 1.807) is 24.4 Å². The summed E-state index contributed by atoms with van der Waals surface area (Å²) >= 11 is 0. The van der Waals surface area contributed by atoms with Crippen LogP contribution in [0.3, 0.4) is 0 Å². The van der Waals surface area contributed by atoms with E-state index < -0.39 is 5.97 Å². The van der Waals surface area contributed by atoms with Crippen LogP contribution in [0.4, 0.5) is 0 Å². The van der Waals surface area contributed by atoms with Gasteiger partial charge in [-0.1, -0.05) is 12.2 Å². The molecule has 0 bridgehead atoms. The minimum Gasteiger partial charge on any atom is -0.469 e. The first-order chi connectivity index (χ1) is 7.67. The maximum Gasteiger partial charge on any atom is 0.354 e. The lowest BCUT2D eigenvalue weighted by Gasteiger charge is -1.92. The van der Waals surface area contributed by atoms with Crippen molar-refractivity contribution in [2.45, 2.75) is 6.42 Å². The molecule has 0 unspecified atom stereocenters. The van der Waals surface area contributed by atoms with Crippen LogP contribution in [0.25, 0.3) is 6.08 Å². The molecule has 1 aromatic rings. The van der Waals surface area contributed by atoms with Gasteiger partial charge in [0.25, 0.3) is 0 Å². The summed E-state index contributed by atoms with van der Waals surface area (Å²) < 4.78 is 9.02. The molecule has 5 nitrogen and oxygen atoms in total. The number of carbonyl (C=O) groups excluding carboxylic acids is 2. The Kier molecular flexibility index (Phi) is 4.32. The molecule has 0 amide bonds. The van der Waals surface area contributed by atoms with Crippen LogP contribution in [0.1, 0.15) is 22.5 Å². The minimum atomic E-state index is -0.424. The number of methoxy groups -OCH3 is 2. The van der Waals surface area contributed by atoms with Crippen LogP contribution in [0, 0.1) is 0 Å². The molecule has 0 aliphatic carbocycles. The van der Waals surface area contributed by atoms with E-state index in [0.717, 1.165) is 5.56 Å². The summed E-state index contributed by atoms with van der Waals surface area (Å²) in [6.07, 6.45) is 5.24. The molecule has 1 N–H and O–H groups in total. The van der Waals surface area contributed by atoms with Crippen molar-refractivity contribution in [2.24, 2.45) is 0 Å². The molecule has 0 radical (unpaired) electrons. The lowest BCUT2D eigenvalue weighted by molar-refractivity contribution is -0.139. The number of H-pyrrole nitrogens is 1. The number of hydrogen-bond donors (Lipinski definition) is 1. The van der Waals surface area contributed by atoms with Crippen molar-refractivity contribution in [1.82, 2.24) is 4.98 Å². The topological polar surface area (TPSA) is 68.4 Å². The lowest BCUT2D eigenvalue weighted by atomic mass is 10.2. The number of hydrogen-bond acceptors (Lipinski definition) is 4. The molecule has 0 aliphatic rings. The van der Waals surface area contributed by atoms with Crippen LogP contribution in [-0.4, -0.2) is 31.1 Å². The summed E-state index contributed by atoms with van der Waals surface area (Å²) in [6, 6.07) is 1.64. The van der Waals surface area contributed by atoms with Crippen LogP contribution in [0.15, 0.2) is 18.3 Å². The van der Waals surface area contributed by atoms with Gasteiger partial charge in [-0.05, 0) is 11.6 Å². The molecule has 0 atom stereocenters. The smallest absolute Gasteiger partial charge is 0.354 e. The SMILES string of the molecule is COC(=O)CC=Cc1c[nH]c(C(=O)OC)c1. The number of nitrogens with one attached hydrogen (secondary N) is 1. The van der Waals surface area contributed by atoms with Crippen molar-refractivity contribution >= 4 is 18.0 Å². The number of aromatic nitrogens is 1. The minimum absolute atomic E-state index is 0.204. The normalized spacial score (nSPS) is 10.4. The largest absolute Gasteiger partial charge is 0.469 e. The Morgan fingerprint density at radius 1 is 1.38 bits per heavy atom. The Morgan fingerprint density at radius 2 is 2.12 bits per heavy atom. The van der Waals surface area contributed by atoms with Crippen molar-refractivity contribution < 1.29 is 19.1 Å². The monoisotopic (exact) mass is 223 g/mol. The van der Waals surface area contributed by atoms with E-state index in [-0.39, 0.29) is 12.4 Å². The molecule has 0 aromatic carbocycles. The van der Waals surface area contributed by atoms with Gasteiger partial charge in [-0.25, -0.2) is 4.79 Å². The summed E-state index contributed by atoms with van der Waals surface area (Å²) in [4.78, 5) is 24.7. The van der Waals surface area contributed by atoms with E-state index in [4.69, 9.17) is 0 Å². The molecule has 86 valence electrons. The molecule has 0 saturated heterocycles. The zero-order valence-corrected chi connectivity index (χ0v) is 9.15. The highest BCUT2D eigenvalue weighted by molar-refractivity contribution is 5.88. The molecule has 5 heteroatoms. The van der Waals surface area contributed by atoms with E-state index in [2.05, 4.69) is 14.5 Å². The van der Waals surface area contributed by atoms with Crippen molar-refractivity contribution in [2.75, 3.05) is 14.2 Å². The number of carbonyl (C=O) groups is 2. The van der Waals surface area contributed by atoms with Crippen LogP contribution >= 0.6 is 0 Å². The van der Waals surface area contributed by atoms with Gasteiger partial charge in [0.15, 0.2) is 0 Å². The van der Waals surface area contributed by atoms with E-state index in [0.29, 0.717) is 5.69 Å². The standard InChI is InChI=1S/C11H13NO4/c1-15-10(13)5-3-4-8-6-9(12-7-8)11(14)16-2/h3-4,6-7,12H,5H2,1-2H3. The summed E-state index contributed by atoms with van der Waals surface area (Å²) in [5.41, 5.74) is 1.17. The fraction of sp³-hybridized carbons (Fsp3) is 0.273. The van der Waals surface area contributed by atoms with E-state index in [1.165, 1.54) is 14.2 Å². The van der Waals surface area contributed by atoms with Crippen LogP contribution in [0.2, 0.25) is 0 Å². The van der Waals surface area contributed by atoms with Crippen molar-refractivity contribution in [3.63, 3.8) is 0 Å². The molecule has 1 rings (SSSR count). The fourth-order valence-corrected chi connectivity index (χ4v) is 1.11. The Balaban J connectivity index is 2.58. The average molecular weight is 223 g/mol. The van der Waals surface area contributed by atoms with Gasteiger partial charge >= 0.3 is 11.9 Å². The molecule has 1 heterocycles. The van der Waals surface area contributed by atoms with E-state index in [9.17, 15) is 9.59 Å². The zero-order chi connectivity index (χ0) is 12.0. The van der Waals surface area contributed by atoms with Gasteiger partial charge in [-0.3, -0.25) is 4.79 Å². The van der Waals surface area contributed by atoms with Gasteiger partial charge in [0.05, 0.1) is 20.6 Å². The van der Waals surface area contributed by atoms with Crippen molar-refractivity contribution in [3.8, 4) is 0 Å². The van der Waals surface area contributed by atoms with Gasteiger partial charge in [0, 0.05) is 6.20 Å². The molecule has 1 aromatic heterocycles. The zero-order valence-electron chi connectivity index (χ0n) is 9.15. The quantitative estimate of drug-likeness (QED) is 0.783. The highest BCUT2D eigenvalue weighted by Crippen LogP contribution is 2.07. The number of esters is 2. The van der Waals surface area contributed by atoms with Gasteiger partial charge in [0.2, 0.25) is 0 Å². The molecular formula is C11H13NO4. The first kappa shape index (κ1) is 12.0.